The molecule has 0 aliphatic rings. The molecular formula is C18H27N5O3. The molecule has 0 saturated heterocycles. The monoisotopic (exact) mass is 361 g/mol. The number of ether oxygens (including phenoxy) is 3. The normalized spacial score (nSPS) is 11.2. The van der Waals surface area contributed by atoms with Gasteiger partial charge in [0.25, 0.3) is 0 Å². The average molecular weight is 361 g/mol. The number of hydrogen-bond donors (Lipinski definition) is 2. The van der Waals surface area contributed by atoms with Crippen LogP contribution < -0.4 is 24.8 Å². The molecule has 2 rings (SSSR count). The maximum absolute atomic E-state index is 5.39. The largest absolute Gasteiger partial charge is 0.493 e. The Hall–Kier alpha value is -2.90. The Morgan fingerprint density at radius 3 is 2.38 bits per heavy atom. The number of benzene rings is 1. The van der Waals surface area contributed by atoms with Gasteiger partial charge in [0, 0.05) is 25.5 Å². The van der Waals surface area contributed by atoms with Gasteiger partial charge < -0.3 is 24.8 Å². The van der Waals surface area contributed by atoms with Crippen molar-refractivity contribution in [3.8, 4) is 17.2 Å². The van der Waals surface area contributed by atoms with Crippen molar-refractivity contribution < 1.29 is 14.2 Å². The molecule has 1 heterocycles. The van der Waals surface area contributed by atoms with Crippen LogP contribution in [0.25, 0.3) is 0 Å². The number of nitrogens with zero attached hydrogens (tertiary/aromatic N) is 3. The molecule has 0 spiro atoms. The zero-order chi connectivity index (χ0) is 18.8. The van der Waals surface area contributed by atoms with Crippen molar-refractivity contribution in [2.24, 2.45) is 4.99 Å². The van der Waals surface area contributed by atoms with Crippen LogP contribution in [0.15, 0.2) is 35.6 Å². The average Bonchev–Trinajstić information content (AvgIpc) is 3.18. The highest BCUT2D eigenvalue weighted by atomic mass is 16.5. The molecule has 142 valence electrons. The van der Waals surface area contributed by atoms with Gasteiger partial charge in [0.2, 0.25) is 5.75 Å². The van der Waals surface area contributed by atoms with Gasteiger partial charge >= 0.3 is 0 Å². The number of aromatic nitrogens is 2. The summed E-state index contributed by atoms with van der Waals surface area (Å²) in [6, 6.07) is 5.71. The summed E-state index contributed by atoms with van der Waals surface area (Å²) in [5.74, 6) is 2.56. The Labute approximate surface area is 154 Å². The zero-order valence-corrected chi connectivity index (χ0v) is 15.8. The number of hydrogen-bond acceptors (Lipinski definition) is 5. The molecular weight excluding hydrogens is 334 g/mol. The predicted octanol–water partition coefficient (Wildman–Crippen LogP) is 1.66. The molecule has 0 fully saturated rings. The molecule has 2 N–H and O–H groups in total. The Morgan fingerprint density at radius 2 is 1.85 bits per heavy atom. The number of nitrogens with one attached hydrogen (secondary N) is 2. The number of methoxy groups -OCH3 is 3. The van der Waals surface area contributed by atoms with Crippen molar-refractivity contribution in [3.05, 3.63) is 36.2 Å². The smallest absolute Gasteiger partial charge is 0.203 e. The van der Waals surface area contributed by atoms with Crippen LogP contribution >= 0.6 is 0 Å². The summed E-state index contributed by atoms with van der Waals surface area (Å²) in [7, 11) is 4.79. The second-order valence-corrected chi connectivity index (χ2v) is 5.42. The number of rotatable bonds is 9. The maximum atomic E-state index is 5.39. The third kappa shape index (κ3) is 5.30. The Morgan fingerprint density at radius 1 is 1.12 bits per heavy atom. The van der Waals surface area contributed by atoms with Crippen molar-refractivity contribution in [2.45, 2.75) is 20.0 Å². The summed E-state index contributed by atoms with van der Waals surface area (Å²) in [5.41, 5.74) is 0.962. The van der Waals surface area contributed by atoms with E-state index in [0.717, 1.165) is 31.2 Å². The summed E-state index contributed by atoms with van der Waals surface area (Å²) >= 11 is 0. The van der Waals surface area contributed by atoms with E-state index in [4.69, 9.17) is 14.2 Å². The molecule has 8 nitrogen and oxygen atoms in total. The maximum Gasteiger partial charge on any atom is 0.203 e. The first-order valence-corrected chi connectivity index (χ1v) is 8.50. The first-order chi connectivity index (χ1) is 12.7. The van der Waals surface area contributed by atoms with Gasteiger partial charge in [0.1, 0.15) is 0 Å². The van der Waals surface area contributed by atoms with E-state index >= 15 is 0 Å². The quantitative estimate of drug-likeness (QED) is 0.522. The first kappa shape index (κ1) is 19.4. The highest BCUT2D eigenvalue weighted by Crippen LogP contribution is 2.38. The van der Waals surface area contributed by atoms with Crippen molar-refractivity contribution in [1.29, 1.82) is 0 Å². The van der Waals surface area contributed by atoms with E-state index in [1.165, 1.54) is 0 Å². The van der Waals surface area contributed by atoms with Crippen molar-refractivity contribution in [1.82, 2.24) is 20.4 Å². The van der Waals surface area contributed by atoms with Crippen LogP contribution in [0.3, 0.4) is 0 Å². The van der Waals surface area contributed by atoms with E-state index in [2.05, 4.69) is 20.7 Å². The zero-order valence-electron chi connectivity index (χ0n) is 15.8. The van der Waals surface area contributed by atoms with Gasteiger partial charge in [-0.15, -0.1) is 0 Å². The second kappa shape index (κ2) is 10.2. The molecule has 1 aromatic heterocycles. The molecule has 0 atom stereocenters. The lowest BCUT2D eigenvalue weighted by atomic mass is 10.2. The summed E-state index contributed by atoms with van der Waals surface area (Å²) in [5, 5.41) is 10.7. The highest BCUT2D eigenvalue weighted by Gasteiger charge is 2.13. The Balaban J connectivity index is 2.05. The third-order valence-corrected chi connectivity index (χ3v) is 3.68. The Bertz CT molecular complexity index is 676. The first-order valence-electron chi connectivity index (χ1n) is 8.50. The molecule has 8 heteroatoms. The van der Waals surface area contributed by atoms with Gasteiger partial charge in [0.05, 0.1) is 34.4 Å². The van der Waals surface area contributed by atoms with Crippen LogP contribution in [-0.2, 0) is 13.1 Å². The van der Waals surface area contributed by atoms with Crippen LogP contribution in [0.1, 0.15) is 12.5 Å². The third-order valence-electron chi connectivity index (χ3n) is 3.68. The number of guanidine groups is 1. The lowest BCUT2D eigenvalue weighted by Gasteiger charge is -2.14. The fourth-order valence-electron chi connectivity index (χ4n) is 2.46. The predicted molar refractivity (Wildman–Crippen MR) is 101 cm³/mol. The summed E-state index contributed by atoms with van der Waals surface area (Å²) in [6.07, 6.45) is 3.70. The molecule has 0 amide bonds. The summed E-state index contributed by atoms with van der Waals surface area (Å²) in [4.78, 5) is 4.62. The van der Waals surface area contributed by atoms with Gasteiger partial charge in [-0.25, -0.2) is 4.99 Å². The lowest BCUT2D eigenvalue weighted by molar-refractivity contribution is 0.324. The molecule has 0 aliphatic carbocycles. The van der Waals surface area contributed by atoms with Crippen LogP contribution in [0.5, 0.6) is 17.2 Å². The van der Waals surface area contributed by atoms with Gasteiger partial charge in [-0.2, -0.15) is 5.10 Å². The molecule has 0 unspecified atom stereocenters. The van der Waals surface area contributed by atoms with Crippen LogP contribution in [0.4, 0.5) is 0 Å². The van der Waals surface area contributed by atoms with E-state index in [9.17, 15) is 0 Å². The van der Waals surface area contributed by atoms with E-state index in [1.54, 1.807) is 27.5 Å². The van der Waals surface area contributed by atoms with Crippen molar-refractivity contribution >= 4 is 5.96 Å². The minimum Gasteiger partial charge on any atom is -0.493 e. The fraction of sp³-hybridized carbons (Fsp3) is 0.444. The molecule has 1 aromatic carbocycles. The van der Waals surface area contributed by atoms with E-state index in [-0.39, 0.29) is 0 Å². The molecule has 26 heavy (non-hydrogen) atoms. The SMILES string of the molecule is CCNC(=NCc1cc(OC)c(OC)c(OC)c1)NCCn1cccn1. The molecule has 0 radical (unpaired) electrons. The second-order valence-electron chi connectivity index (χ2n) is 5.42. The topological polar surface area (TPSA) is 81.9 Å². The van der Waals surface area contributed by atoms with E-state index in [0.29, 0.717) is 23.8 Å². The van der Waals surface area contributed by atoms with Gasteiger partial charge in [0.15, 0.2) is 17.5 Å². The van der Waals surface area contributed by atoms with Crippen LogP contribution in [-0.4, -0.2) is 50.2 Å². The van der Waals surface area contributed by atoms with E-state index in [1.807, 2.05) is 36.0 Å². The minimum absolute atomic E-state index is 0.480. The van der Waals surface area contributed by atoms with Crippen molar-refractivity contribution in [3.63, 3.8) is 0 Å². The summed E-state index contributed by atoms with van der Waals surface area (Å²) in [6.45, 7) is 4.78. The minimum atomic E-state index is 0.480. The highest BCUT2D eigenvalue weighted by molar-refractivity contribution is 5.79. The van der Waals surface area contributed by atoms with E-state index < -0.39 is 0 Å². The standard InChI is InChI=1S/C18H27N5O3/c1-5-19-18(20-8-10-23-9-6-7-22-23)21-13-14-11-15(24-2)17(26-4)16(12-14)25-3/h6-7,9,11-12H,5,8,10,13H2,1-4H3,(H2,19,20,21). The van der Waals surface area contributed by atoms with Crippen molar-refractivity contribution in [2.75, 3.05) is 34.4 Å². The molecule has 2 aromatic rings. The molecule has 0 saturated carbocycles. The van der Waals surface area contributed by atoms with Gasteiger partial charge in [-0.1, -0.05) is 0 Å². The Kier molecular flexibility index (Phi) is 7.60. The fourth-order valence-corrected chi connectivity index (χ4v) is 2.46. The van der Waals surface area contributed by atoms with Gasteiger partial charge in [-0.3, -0.25) is 4.68 Å². The summed E-state index contributed by atoms with van der Waals surface area (Å²) < 4.78 is 18.0. The van der Waals surface area contributed by atoms with Crippen LogP contribution in [0.2, 0.25) is 0 Å². The van der Waals surface area contributed by atoms with Gasteiger partial charge in [-0.05, 0) is 30.7 Å². The number of aliphatic imine (C=N–C) groups is 1. The lowest BCUT2D eigenvalue weighted by Crippen LogP contribution is -2.38. The van der Waals surface area contributed by atoms with Crippen LogP contribution in [0, 0.1) is 0 Å². The molecule has 0 aliphatic heterocycles. The molecule has 0 bridgehead atoms.